The Morgan fingerprint density at radius 1 is 1.37 bits per heavy atom. The highest BCUT2D eigenvalue weighted by molar-refractivity contribution is 5.74. The second-order valence-electron chi connectivity index (χ2n) is 5.86. The van der Waals surface area contributed by atoms with E-state index in [0.717, 1.165) is 45.3 Å². The van der Waals surface area contributed by atoms with E-state index in [-0.39, 0.29) is 30.6 Å². The molecule has 0 aromatic heterocycles. The summed E-state index contributed by atoms with van der Waals surface area (Å²) in [5.41, 5.74) is 0. The van der Waals surface area contributed by atoms with Crippen LogP contribution in [0, 0.1) is 11.8 Å². The zero-order valence-corrected chi connectivity index (χ0v) is 11.7. The molecule has 5 heteroatoms. The summed E-state index contributed by atoms with van der Waals surface area (Å²) in [6.45, 7) is 3.73. The minimum atomic E-state index is -0.107. The van der Waals surface area contributed by atoms with Crippen molar-refractivity contribution in [2.24, 2.45) is 11.8 Å². The van der Waals surface area contributed by atoms with Gasteiger partial charge in [-0.1, -0.05) is 12.8 Å². The van der Waals surface area contributed by atoms with Crippen LogP contribution in [0.1, 0.15) is 39.0 Å². The second-order valence-corrected chi connectivity index (χ2v) is 5.86. The number of carbonyl (C=O) groups is 1. The predicted molar refractivity (Wildman–Crippen MR) is 72.9 cm³/mol. The molecule has 19 heavy (non-hydrogen) atoms. The van der Waals surface area contributed by atoms with Crippen molar-refractivity contribution in [3.63, 3.8) is 0 Å². The molecule has 1 heterocycles. The standard InChI is InChI=1S/C14H26N2O3/c1-10(12-6-7-19-9-12)15-14(18)16-13-5-3-2-4-11(13)8-17/h10-13,17H,2-9H2,1H3,(H2,15,16,18). The molecule has 110 valence electrons. The van der Waals surface area contributed by atoms with Crippen molar-refractivity contribution in [2.75, 3.05) is 19.8 Å². The van der Waals surface area contributed by atoms with E-state index < -0.39 is 0 Å². The Labute approximate surface area is 115 Å². The van der Waals surface area contributed by atoms with Crippen LogP contribution in [0.25, 0.3) is 0 Å². The Bertz CT molecular complexity index is 292. The number of aliphatic hydroxyl groups excluding tert-OH is 1. The Balaban J connectivity index is 1.76. The van der Waals surface area contributed by atoms with Gasteiger partial charge in [-0.2, -0.15) is 0 Å². The monoisotopic (exact) mass is 270 g/mol. The summed E-state index contributed by atoms with van der Waals surface area (Å²) in [7, 11) is 0. The van der Waals surface area contributed by atoms with Crippen LogP contribution in [-0.2, 0) is 4.74 Å². The average molecular weight is 270 g/mol. The number of hydrogen-bond donors (Lipinski definition) is 3. The number of urea groups is 1. The fraction of sp³-hybridized carbons (Fsp3) is 0.929. The number of rotatable bonds is 4. The summed E-state index contributed by atoms with van der Waals surface area (Å²) < 4.78 is 5.34. The highest BCUT2D eigenvalue weighted by Crippen LogP contribution is 2.24. The number of hydrogen-bond acceptors (Lipinski definition) is 3. The summed E-state index contributed by atoms with van der Waals surface area (Å²) in [6, 6.07) is 0.147. The van der Waals surface area contributed by atoms with Crippen LogP contribution in [0.2, 0.25) is 0 Å². The van der Waals surface area contributed by atoms with E-state index in [1.165, 1.54) is 0 Å². The third kappa shape index (κ3) is 4.08. The third-order valence-corrected chi connectivity index (χ3v) is 4.49. The first-order valence-electron chi connectivity index (χ1n) is 7.46. The Morgan fingerprint density at radius 2 is 2.16 bits per heavy atom. The minimum absolute atomic E-state index is 0.107. The normalized spacial score (nSPS) is 32.8. The molecule has 1 saturated carbocycles. The largest absolute Gasteiger partial charge is 0.396 e. The molecule has 2 aliphatic rings. The molecule has 2 rings (SSSR count). The van der Waals surface area contributed by atoms with Crippen molar-refractivity contribution in [2.45, 2.75) is 51.1 Å². The van der Waals surface area contributed by atoms with Crippen molar-refractivity contribution >= 4 is 6.03 Å². The highest BCUT2D eigenvalue weighted by atomic mass is 16.5. The van der Waals surface area contributed by atoms with Crippen molar-refractivity contribution in [1.29, 1.82) is 0 Å². The summed E-state index contributed by atoms with van der Waals surface area (Å²) in [5, 5.41) is 15.4. The molecule has 1 aliphatic heterocycles. The van der Waals surface area contributed by atoms with Crippen LogP contribution >= 0.6 is 0 Å². The van der Waals surface area contributed by atoms with Gasteiger partial charge in [-0.25, -0.2) is 4.79 Å². The topological polar surface area (TPSA) is 70.6 Å². The van der Waals surface area contributed by atoms with Gasteiger partial charge in [-0.05, 0) is 26.2 Å². The maximum atomic E-state index is 12.0. The van der Waals surface area contributed by atoms with Gasteiger partial charge in [-0.15, -0.1) is 0 Å². The van der Waals surface area contributed by atoms with E-state index in [9.17, 15) is 9.90 Å². The van der Waals surface area contributed by atoms with Gasteiger partial charge in [0.1, 0.15) is 0 Å². The summed E-state index contributed by atoms with van der Waals surface area (Å²) in [5.74, 6) is 0.635. The van der Waals surface area contributed by atoms with E-state index in [0.29, 0.717) is 5.92 Å². The molecule has 1 aliphatic carbocycles. The van der Waals surface area contributed by atoms with Crippen molar-refractivity contribution in [1.82, 2.24) is 10.6 Å². The SMILES string of the molecule is CC(NC(=O)NC1CCCCC1CO)C1CCOC1. The van der Waals surface area contributed by atoms with Crippen LogP contribution in [0.5, 0.6) is 0 Å². The average Bonchev–Trinajstić information content (AvgIpc) is 2.93. The smallest absolute Gasteiger partial charge is 0.315 e. The fourth-order valence-electron chi connectivity index (χ4n) is 3.10. The van der Waals surface area contributed by atoms with Gasteiger partial charge in [0.15, 0.2) is 0 Å². The Kier molecular flexibility index (Phi) is 5.45. The molecule has 1 saturated heterocycles. The van der Waals surface area contributed by atoms with E-state index >= 15 is 0 Å². The lowest BCUT2D eigenvalue weighted by molar-refractivity contribution is 0.151. The quantitative estimate of drug-likeness (QED) is 0.720. The van der Waals surface area contributed by atoms with Crippen LogP contribution in [-0.4, -0.2) is 43.0 Å². The molecule has 2 amide bonds. The molecule has 0 spiro atoms. The van der Waals surface area contributed by atoms with Gasteiger partial charge in [0, 0.05) is 37.1 Å². The number of ether oxygens (including phenoxy) is 1. The summed E-state index contributed by atoms with van der Waals surface area (Å²) in [4.78, 5) is 12.0. The van der Waals surface area contributed by atoms with E-state index in [2.05, 4.69) is 10.6 Å². The van der Waals surface area contributed by atoms with Crippen LogP contribution in [0.15, 0.2) is 0 Å². The maximum Gasteiger partial charge on any atom is 0.315 e. The highest BCUT2D eigenvalue weighted by Gasteiger charge is 2.28. The van der Waals surface area contributed by atoms with Gasteiger partial charge in [0.25, 0.3) is 0 Å². The zero-order valence-electron chi connectivity index (χ0n) is 11.7. The van der Waals surface area contributed by atoms with Crippen molar-refractivity contribution in [3.8, 4) is 0 Å². The molecule has 4 unspecified atom stereocenters. The van der Waals surface area contributed by atoms with E-state index in [1.807, 2.05) is 6.92 Å². The van der Waals surface area contributed by atoms with E-state index in [4.69, 9.17) is 4.74 Å². The Hall–Kier alpha value is -0.810. The molecule has 0 aromatic rings. The maximum absolute atomic E-state index is 12.0. The molecule has 3 N–H and O–H groups in total. The number of amides is 2. The molecule has 0 aromatic carbocycles. The molecular formula is C14H26N2O3. The predicted octanol–water partition coefficient (Wildman–Crippen LogP) is 1.26. The van der Waals surface area contributed by atoms with Gasteiger partial charge in [0.05, 0.1) is 6.61 Å². The molecule has 0 radical (unpaired) electrons. The van der Waals surface area contributed by atoms with Crippen molar-refractivity contribution in [3.05, 3.63) is 0 Å². The lowest BCUT2D eigenvalue weighted by atomic mass is 9.85. The van der Waals surface area contributed by atoms with Crippen molar-refractivity contribution < 1.29 is 14.6 Å². The van der Waals surface area contributed by atoms with E-state index in [1.54, 1.807) is 0 Å². The molecular weight excluding hydrogens is 244 g/mol. The number of nitrogens with one attached hydrogen (secondary N) is 2. The van der Waals surface area contributed by atoms with Gasteiger partial charge in [-0.3, -0.25) is 0 Å². The zero-order chi connectivity index (χ0) is 13.7. The fourth-order valence-corrected chi connectivity index (χ4v) is 3.10. The molecule has 2 fully saturated rings. The lowest BCUT2D eigenvalue weighted by Crippen LogP contribution is -2.51. The van der Waals surface area contributed by atoms with Crippen LogP contribution < -0.4 is 10.6 Å². The molecule has 0 bridgehead atoms. The third-order valence-electron chi connectivity index (χ3n) is 4.49. The van der Waals surface area contributed by atoms with Gasteiger partial charge in [0.2, 0.25) is 0 Å². The molecule has 4 atom stereocenters. The van der Waals surface area contributed by atoms with Crippen LogP contribution in [0.3, 0.4) is 0 Å². The lowest BCUT2D eigenvalue weighted by Gasteiger charge is -2.31. The Morgan fingerprint density at radius 3 is 2.84 bits per heavy atom. The first kappa shape index (κ1) is 14.6. The second kappa shape index (κ2) is 7.10. The summed E-state index contributed by atoms with van der Waals surface area (Å²) >= 11 is 0. The van der Waals surface area contributed by atoms with Gasteiger partial charge >= 0.3 is 6.03 Å². The van der Waals surface area contributed by atoms with Crippen LogP contribution in [0.4, 0.5) is 4.79 Å². The first-order chi connectivity index (χ1) is 9.20. The number of carbonyl (C=O) groups excluding carboxylic acids is 1. The summed E-state index contributed by atoms with van der Waals surface area (Å²) in [6.07, 6.45) is 5.28. The molecule has 5 nitrogen and oxygen atoms in total. The first-order valence-corrected chi connectivity index (χ1v) is 7.46. The number of aliphatic hydroxyl groups is 1. The van der Waals surface area contributed by atoms with Gasteiger partial charge < -0.3 is 20.5 Å². The minimum Gasteiger partial charge on any atom is -0.396 e.